The molecule has 0 saturated heterocycles. The molecule has 0 saturated carbocycles. The van der Waals surface area contributed by atoms with Crippen molar-refractivity contribution >= 4 is 11.8 Å². The van der Waals surface area contributed by atoms with Gasteiger partial charge in [0.25, 0.3) is 0 Å². The second-order valence-electron chi connectivity index (χ2n) is 3.61. The van der Waals surface area contributed by atoms with Crippen LogP contribution in [0, 0.1) is 0 Å². The summed E-state index contributed by atoms with van der Waals surface area (Å²) in [5.41, 5.74) is 3.37. The molecule has 0 radical (unpaired) electrons. The molecule has 2 nitrogen and oxygen atoms in total. The number of hydrogen-bond donors (Lipinski definition) is 1. The first-order chi connectivity index (χ1) is 7.27. The van der Waals surface area contributed by atoms with Crippen molar-refractivity contribution in [2.75, 3.05) is 11.9 Å². The summed E-state index contributed by atoms with van der Waals surface area (Å²) >= 11 is 0. The van der Waals surface area contributed by atoms with Crippen molar-refractivity contribution in [1.82, 2.24) is 4.98 Å². The van der Waals surface area contributed by atoms with E-state index in [-0.39, 0.29) is 0 Å². The Balaban J connectivity index is 0.000000531. The fourth-order valence-electron chi connectivity index (χ4n) is 1.43. The highest BCUT2D eigenvalue weighted by molar-refractivity contribution is 5.66. The molecule has 2 heteroatoms. The van der Waals surface area contributed by atoms with Crippen molar-refractivity contribution in [2.24, 2.45) is 0 Å². The molecule has 2 rings (SSSR count). The average Bonchev–Trinajstić information content (AvgIpc) is 2.31. The highest BCUT2D eigenvalue weighted by Gasteiger charge is 2.07. The number of aromatic nitrogens is 1. The number of fused-ring (bicyclic) bond motifs is 1. The summed E-state index contributed by atoms with van der Waals surface area (Å²) in [5, 5.41) is 3.28. The summed E-state index contributed by atoms with van der Waals surface area (Å²) in [6.07, 6.45) is 4.18. The summed E-state index contributed by atoms with van der Waals surface area (Å²) < 4.78 is 0. The molecule has 1 aliphatic rings. The molecule has 0 spiro atoms. The highest BCUT2D eigenvalue weighted by atomic mass is 14.9. The molecule has 82 valence electrons. The van der Waals surface area contributed by atoms with E-state index in [1.807, 2.05) is 13.8 Å². The van der Waals surface area contributed by atoms with Gasteiger partial charge in [0.05, 0.1) is 11.4 Å². The maximum Gasteiger partial charge on any atom is 0.0861 e. The second kappa shape index (κ2) is 5.54. The molecule has 0 amide bonds. The van der Waals surface area contributed by atoms with Crippen LogP contribution in [0.15, 0.2) is 18.2 Å². The molecule has 15 heavy (non-hydrogen) atoms. The zero-order valence-electron chi connectivity index (χ0n) is 10.0. The Hall–Kier alpha value is -1.31. The largest absolute Gasteiger partial charge is 0.380 e. The SMILES string of the molecule is CC.CC(C)c1ccc2c(n1)C=CCN2. The lowest BCUT2D eigenvalue weighted by Gasteiger charge is -2.14. The van der Waals surface area contributed by atoms with E-state index in [2.05, 4.69) is 48.4 Å². The van der Waals surface area contributed by atoms with Crippen molar-refractivity contribution in [3.63, 3.8) is 0 Å². The Morgan fingerprint density at radius 3 is 2.67 bits per heavy atom. The van der Waals surface area contributed by atoms with E-state index >= 15 is 0 Å². The van der Waals surface area contributed by atoms with Gasteiger partial charge in [-0.25, -0.2) is 0 Å². The molecule has 0 unspecified atom stereocenters. The molecule has 0 aromatic carbocycles. The average molecular weight is 204 g/mol. The van der Waals surface area contributed by atoms with Gasteiger partial charge in [-0.15, -0.1) is 0 Å². The quantitative estimate of drug-likeness (QED) is 0.755. The first-order valence-corrected chi connectivity index (χ1v) is 5.69. The summed E-state index contributed by atoms with van der Waals surface area (Å²) in [4.78, 5) is 4.56. The molecule has 2 heterocycles. The third-order valence-corrected chi connectivity index (χ3v) is 2.22. The van der Waals surface area contributed by atoms with Crippen molar-refractivity contribution in [3.05, 3.63) is 29.6 Å². The van der Waals surface area contributed by atoms with Gasteiger partial charge in [-0.05, 0) is 24.1 Å². The third kappa shape index (κ3) is 2.82. The highest BCUT2D eigenvalue weighted by Crippen LogP contribution is 2.21. The fraction of sp³-hybridized carbons (Fsp3) is 0.462. The molecule has 0 bridgehead atoms. The number of nitrogens with zero attached hydrogens (tertiary/aromatic N) is 1. The zero-order valence-corrected chi connectivity index (χ0v) is 10.0. The standard InChI is InChI=1S/C11H14N2.C2H6/c1-8(2)9-5-6-10-11(13-9)4-3-7-12-10;1-2/h3-6,8,12H,7H2,1-2H3;1-2H3. The van der Waals surface area contributed by atoms with Gasteiger partial charge in [0, 0.05) is 12.2 Å². The van der Waals surface area contributed by atoms with Crippen LogP contribution in [-0.2, 0) is 0 Å². The van der Waals surface area contributed by atoms with E-state index in [1.165, 1.54) is 0 Å². The number of anilines is 1. The van der Waals surface area contributed by atoms with Crippen LogP contribution < -0.4 is 5.32 Å². The van der Waals surface area contributed by atoms with Crippen LogP contribution in [-0.4, -0.2) is 11.5 Å². The lowest BCUT2D eigenvalue weighted by atomic mass is 10.1. The van der Waals surface area contributed by atoms with Crippen LogP contribution in [0.5, 0.6) is 0 Å². The summed E-state index contributed by atoms with van der Waals surface area (Å²) in [6, 6.07) is 4.21. The van der Waals surface area contributed by atoms with Crippen LogP contribution in [0.1, 0.15) is 45.0 Å². The molecular weight excluding hydrogens is 184 g/mol. The molecule has 1 aromatic rings. The molecule has 0 aliphatic carbocycles. The van der Waals surface area contributed by atoms with Crippen molar-refractivity contribution in [3.8, 4) is 0 Å². The number of hydrogen-bond acceptors (Lipinski definition) is 2. The van der Waals surface area contributed by atoms with Gasteiger partial charge in [0.2, 0.25) is 0 Å². The first-order valence-electron chi connectivity index (χ1n) is 5.69. The molecule has 1 N–H and O–H groups in total. The lowest BCUT2D eigenvalue weighted by Crippen LogP contribution is -2.07. The van der Waals surface area contributed by atoms with Gasteiger partial charge >= 0.3 is 0 Å². The molecule has 1 aromatic heterocycles. The Morgan fingerprint density at radius 1 is 1.27 bits per heavy atom. The minimum Gasteiger partial charge on any atom is -0.380 e. The molecule has 0 fully saturated rings. The Morgan fingerprint density at radius 2 is 2.00 bits per heavy atom. The second-order valence-corrected chi connectivity index (χ2v) is 3.61. The number of nitrogens with one attached hydrogen (secondary N) is 1. The monoisotopic (exact) mass is 204 g/mol. The third-order valence-electron chi connectivity index (χ3n) is 2.22. The molecule has 0 atom stereocenters. The maximum atomic E-state index is 4.56. The predicted octanol–water partition coefficient (Wildman–Crippen LogP) is 3.67. The fourth-order valence-corrected chi connectivity index (χ4v) is 1.43. The van der Waals surface area contributed by atoms with Crippen LogP contribution in [0.25, 0.3) is 6.08 Å². The molecular formula is C13H20N2. The van der Waals surface area contributed by atoms with Crippen LogP contribution in [0.3, 0.4) is 0 Å². The summed E-state index contributed by atoms with van der Waals surface area (Å²) in [7, 11) is 0. The van der Waals surface area contributed by atoms with Crippen LogP contribution in [0.2, 0.25) is 0 Å². The normalized spacial score (nSPS) is 12.6. The smallest absolute Gasteiger partial charge is 0.0861 e. The Kier molecular flexibility index (Phi) is 4.35. The van der Waals surface area contributed by atoms with Gasteiger partial charge in [-0.3, -0.25) is 4.98 Å². The van der Waals surface area contributed by atoms with Gasteiger partial charge in [-0.1, -0.05) is 33.8 Å². The summed E-state index contributed by atoms with van der Waals surface area (Å²) in [5.74, 6) is 0.501. The topological polar surface area (TPSA) is 24.9 Å². The van der Waals surface area contributed by atoms with Gasteiger partial charge in [0.15, 0.2) is 0 Å². The van der Waals surface area contributed by atoms with E-state index in [0.29, 0.717) is 5.92 Å². The minimum atomic E-state index is 0.501. The predicted molar refractivity (Wildman–Crippen MR) is 67.2 cm³/mol. The van der Waals surface area contributed by atoms with Crippen molar-refractivity contribution in [2.45, 2.75) is 33.6 Å². The van der Waals surface area contributed by atoms with Gasteiger partial charge in [0.1, 0.15) is 0 Å². The molecule has 1 aliphatic heterocycles. The Bertz CT molecular complexity index is 340. The van der Waals surface area contributed by atoms with Gasteiger partial charge in [-0.2, -0.15) is 0 Å². The Labute approximate surface area is 92.4 Å². The van der Waals surface area contributed by atoms with E-state index in [0.717, 1.165) is 23.6 Å². The van der Waals surface area contributed by atoms with Crippen LogP contribution in [0.4, 0.5) is 5.69 Å². The lowest BCUT2D eigenvalue weighted by molar-refractivity contribution is 0.820. The minimum absolute atomic E-state index is 0.501. The van der Waals surface area contributed by atoms with Crippen molar-refractivity contribution in [1.29, 1.82) is 0 Å². The number of rotatable bonds is 1. The van der Waals surface area contributed by atoms with E-state index in [4.69, 9.17) is 0 Å². The van der Waals surface area contributed by atoms with E-state index in [1.54, 1.807) is 0 Å². The summed E-state index contributed by atoms with van der Waals surface area (Å²) in [6.45, 7) is 9.24. The maximum absolute atomic E-state index is 4.56. The van der Waals surface area contributed by atoms with Gasteiger partial charge < -0.3 is 5.32 Å². The van der Waals surface area contributed by atoms with E-state index in [9.17, 15) is 0 Å². The van der Waals surface area contributed by atoms with E-state index < -0.39 is 0 Å². The zero-order chi connectivity index (χ0) is 11.3. The van der Waals surface area contributed by atoms with Crippen molar-refractivity contribution < 1.29 is 0 Å². The first kappa shape index (κ1) is 11.8. The van der Waals surface area contributed by atoms with Crippen LogP contribution >= 0.6 is 0 Å². The number of pyridine rings is 1.